The van der Waals surface area contributed by atoms with Crippen LogP contribution in [0.5, 0.6) is 0 Å². The molecular weight excluding hydrogens is 929 g/mol. The molecule has 1 spiro atoms. The van der Waals surface area contributed by atoms with E-state index in [1.165, 1.54) is 133 Å². The molecule has 12 aromatic carbocycles. The number of hydrogen-bond acceptors (Lipinski definition) is 1. The third-order valence-corrected chi connectivity index (χ3v) is 18.4. The van der Waals surface area contributed by atoms with Crippen LogP contribution in [0.25, 0.3) is 71.6 Å². The Morgan fingerprint density at radius 2 is 0.844 bits per heavy atom. The van der Waals surface area contributed by atoms with Gasteiger partial charge in [-0.1, -0.05) is 244 Å². The van der Waals surface area contributed by atoms with Crippen LogP contribution < -0.4 is 4.90 Å². The number of nitrogens with zero attached hydrogens (tertiary/aromatic N) is 2. The van der Waals surface area contributed by atoms with Gasteiger partial charge in [-0.3, -0.25) is 0 Å². The van der Waals surface area contributed by atoms with Crippen LogP contribution in [0.15, 0.2) is 267 Å². The highest BCUT2D eigenvalue weighted by Gasteiger charge is 2.52. The van der Waals surface area contributed by atoms with Crippen LogP contribution in [0.4, 0.5) is 17.1 Å². The summed E-state index contributed by atoms with van der Waals surface area (Å²) in [5, 5.41) is 5.00. The first-order chi connectivity index (χ1) is 38.0. The van der Waals surface area contributed by atoms with Gasteiger partial charge >= 0.3 is 0 Å². The number of fused-ring (bicyclic) bond motifs is 20. The van der Waals surface area contributed by atoms with Crippen molar-refractivity contribution in [2.75, 3.05) is 4.90 Å². The fraction of sp³-hybridized carbons (Fsp3) is 0.0667. The summed E-state index contributed by atoms with van der Waals surface area (Å²) >= 11 is 0. The van der Waals surface area contributed by atoms with Crippen molar-refractivity contribution in [1.29, 1.82) is 0 Å². The van der Waals surface area contributed by atoms with Crippen LogP contribution in [0.1, 0.15) is 69.5 Å². The maximum absolute atomic E-state index is 2.66. The zero-order valence-corrected chi connectivity index (χ0v) is 42.8. The van der Waals surface area contributed by atoms with Gasteiger partial charge < -0.3 is 9.47 Å². The normalized spacial score (nSPS) is 16.2. The van der Waals surface area contributed by atoms with E-state index < -0.39 is 10.8 Å². The van der Waals surface area contributed by atoms with Crippen molar-refractivity contribution in [3.63, 3.8) is 0 Å². The minimum Gasteiger partial charge on any atom is -0.309 e. The average molecular weight is 979 g/mol. The molecule has 13 aromatic rings. The van der Waals surface area contributed by atoms with Gasteiger partial charge in [-0.25, -0.2) is 0 Å². The fourth-order valence-electron chi connectivity index (χ4n) is 15.5. The summed E-state index contributed by atoms with van der Waals surface area (Å²) in [4.78, 5) is 2.66. The van der Waals surface area contributed by atoms with Gasteiger partial charge in [0.2, 0.25) is 0 Å². The second kappa shape index (κ2) is 15.3. The number of anilines is 3. The maximum Gasteiger partial charge on any atom is 0.0755 e. The molecule has 2 heterocycles. The molecule has 1 aromatic heterocycles. The molecule has 3 aliphatic carbocycles. The predicted molar refractivity (Wildman–Crippen MR) is 319 cm³/mol. The molecule has 0 amide bonds. The molecule has 1 atom stereocenters. The second-order valence-corrected chi connectivity index (χ2v) is 22.2. The van der Waals surface area contributed by atoms with Crippen LogP contribution in [0.3, 0.4) is 0 Å². The van der Waals surface area contributed by atoms with Gasteiger partial charge in [0.05, 0.1) is 38.9 Å². The van der Waals surface area contributed by atoms with E-state index in [1.807, 2.05) is 0 Å². The Morgan fingerprint density at radius 3 is 1.60 bits per heavy atom. The van der Waals surface area contributed by atoms with E-state index in [-0.39, 0.29) is 5.41 Å². The van der Waals surface area contributed by atoms with Crippen molar-refractivity contribution in [1.82, 2.24) is 4.57 Å². The van der Waals surface area contributed by atoms with Crippen molar-refractivity contribution >= 4 is 49.6 Å². The molecule has 0 saturated carbocycles. The quantitative estimate of drug-likeness (QED) is 0.167. The Labute approximate surface area is 448 Å². The molecule has 0 saturated heterocycles. The number of benzene rings is 12. The lowest BCUT2D eigenvalue weighted by Gasteiger charge is -2.40. The van der Waals surface area contributed by atoms with Gasteiger partial charge in [-0.2, -0.15) is 0 Å². The van der Waals surface area contributed by atoms with Gasteiger partial charge in [-0.15, -0.1) is 0 Å². The van der Waals surface area contributed by atoms with E-state index >= 15 is 0 Å². The molecule has 2 heteroatoms. The Bertz CT molecular complexity index is 4630. The summed E-state index contributed by atoms with van der Waals surface area (Å²) in [6, 6.07) is 102. The van der Waals surface area contributed by atoms with E-state index in [4.69, 9.17) is 0 Å². The smallest absolute Gasteiger partial charge is 0.0755 e. The van der Waals surface area contributed by atoms with E-state index in [9.17, 15) is 0 Å². The van der Waals surface area contributed by atoms with Crippen LogP contribution in [0, 0.1) is 0 Å². The van der Waals surface area contributed by atoms with E-state index in [0.29, 0.717) is 0 Å². The van der Waals surface area contributed by atoms with E-state index in [0.717, 1.165) is 11.4 Å². The first-order valence-electron chi connectivity index (χ1n) is 27.2. The van der Waals surface area contributed by atoms with Crippen LogP contribution in [0.2, 0.25) is 0 Å². The third kappa shape index (κ3) is 5.25. The van der Waals surface area contributed by atoms with Crippen LogP contribution in [-0.2, 0) is 16.2 Å². The average Bonchev–Trinajstić information content (AvgIpc) is 4.18. The topological polar surface area (TPSA) is 8.17 Å². The number of para-hydroxylation sites is 3. The van der Waals surface area contributed by atoms with Gasteiger partial charge in [0, 0.05) is 32.8 Å². The second-order valence-electron chi connectivity index (χ2n) is 22.2. The summed E-state index contributed by atoms with van der Waals surface area (Å²) < 4.78 is 2.55. The summed E-state index contributed by atoms with van der Waals surface area (Å²) in [5.41, 5.74) is 26.4. The molecule has 1 aliphatic heterocycles. The number of rotatable bonds is 5. The standard InChI is InChI=1S/C75H50N2/c1-73(2)58-34-15-12-31-56(58)71-62(73)38-22-42-68(71)76(69-46-65-70(54-30-10-9-28-52(54)69)57-32-13-17-36-60(57)74(65,47-23-5-3-6-24-47)48-25-7-4-8-26-48)49-43-44-51-50-27-11-16-35-59(50)75(64(51)45-49)61-37-18-20-41-67(61)77-66-40-19-14-29-53(66)55-33-21-39-63(75)72(55)77/h3-46H,1-2H3. The Hall–Kier alpha value is -9.50. The molecule has 4 aliphatic rings. The molecule has 2 nitrogen and oxygen atoms in total. The summed E-state index contributed by atoms with van der Waals surface area (Å²) in [7, 11) is 0. The largest absolute Gasteiger partial charge is 0.309 e. The first kappa shape index (κ1) is 42.8. The van der Waals surface area contributed by atoms with E-state index in [1.54, 1.807) is 0 Å². The highest BCUT2D eigenvalue weighted by atomic mass is 15.1. The van der Waals surface area contributed by atoms with Gasteiger partial charge in [0.1, 0.15) is 0 Å². The fourth-order valence-corrected chi connectivity index (χ4v) is 15.5. The van der Waals surface area contributed by atoms with Crippen molar-refractivity contribution < 1.29 is 0 Å². The SMILES string of the molecule is CC1(C)c2ccccc2-c2c(N(c3ccc4c(c3)C3(c5ccccc5-4)c4ccccc4-n4c5ccccc5c5cccc3c54)c3cc4c(c5ccccc35)-c3ccccc3C4(c3ccccc3)c3ccccc3)cccc21. The van der Waals surface area contributed by atoms with Crippen LogP contribution in [-0.4, -0.2) is 4.57 Å². The lowest BCUT2D eigenvalue weighted by atomic mass is 9.65. The van der Waals surface area contributed by atoms with Crippen molar-refractivity contribution in [2.45, 2.75) is 30.1 Å². The molecule has 0 radical (unpaired) electrons. The van der Waals surface area contributed by atoms with Gasteiger partial charge in [0.15, 0.2) is 0 Å². The highest BCUT2D eigenvalue weighted by molar-refractivity contribution is 6.14. The number of hydrogen-bond donors (Lipinski definition) is 0. The molecule has 17 rings (SSSR count). The van der Waals surface area contributed by atoms with Crippen molar-refractivity contribution in [3.05, 3.63) is 323 Å². The molecule has 0 bridgehead atoms. The number of aromatic nitrogens is 1. The Morgan fingerprint density at radius 1 is 0.312 bits per heavy atom. The third-order valence-electron chi connectivity index (χ3n) is 18.4. The monoisotopic (exact) mass is 978 g/mol. The molecule has 0 fully saturated rings. The summed E-state index contributed by atoms with van der Waals surface area (Å²) in [5.74, 6) is 0. The highest BCUT2D eigenvalue weighted by Crippen LogP contribution is 2.64. The zero-order valence-electron chi connectivity index (χ0n) is 42.8. The van der Waals surface area contributed by atoms with Gasteiger partial charge in [0.25, 0.3) is 0 Å². The van der Waals surface area contributed by atoms with E-state index in [2.05, 4.69) is 290 Å². The molecule has 0 N–H and O–H groups in total. The first-order valence-corrected chi connectivity index (χ1v) is 27.2. The Balaban J connectivity index is 1.03. The van der Waals surface area contributed by atoms with Crippen LogP contribution >= 0.6 is 0 Å². The minimum atomic E-state index is -0.626. The van der Waals surface area contributed by atoms with Crippen molar-refractivity contribution in [3.8, 4) is 39.1 Å². The lowest BCUT2D eigenvalue weighted by Crippen LogP contribution is -2.33. The molecule has 360 valence electrons. The zero-order chi connectivity index (χ0) is 50.8. The lowest BCUT2D eigenvalue weighted by molar-refractivity contribution is 0.660. The molecule has 1 unspecified atom stereocenters. The molecule has 77 heavy (non-hydrogen) atoms. The minimum absolute atomic E-state index is 0.211. The predicted octanol–water partition coefficient (Wildman–Crippen LogP) is 18.8. The summed E-state index contributed by atoms with van der Waals surface area (Å²) in [6.45, 7) is 4.80. The summed E-state index contributed by atoms with van der Waals surface area (Å²) in [6.07, 6.45) is 0. The van der Waals surface area contributed by atoms with Crippen molar-refractivity contribution in [2.24, 2.45) is 0 Å². The Kier molecular flexibility index (Phi) is 8.51. The van der Waals surface area contributed by atoms with Gasteiger partial charge in [-0.05, 0) is 125 Å². The maximum atomic E-state index is 2.66. The molecular formula is C75H50N2.